The number of hydrogen-bond acceptors (Lipinski definition) is 4. The third kappa shape index (κ3) is 3.85. The molecule has 24 heavy (non-hydrogen) atoms. The molecule has 0 aromatic heterocycles. The van der Waals surface area contributed by atoms with Crippen LogP contribution in [-0.4, -0.2) is 22.2 Å². The fraction of sp³-hybridized carbons (Fsp3) is 0.368. The Morgan fingerprint density at radius 1 is 1.08 bits per heavy atom. The fourth-order valence-electron chi connectivity index (χ4n) is 2.99. The Labute approximate surface area is 140 Å². The number of esters is 1. The molecular formula is C19H22O5. The van der Waals surface area contributed by atoms with Gasteiger partial charge < -0.3 is 14.9 Å². The van der Waals surface area contributed by atoms with Crippen molar-refractivity contribution < 1.29 is 24.5 Å². The molecule has 0 bridgehead atoms. The predicted octanol–water partition coefficient (Wildman–Crippen LogP) is 3.73. The van der Waals surface area contributed by atoms with Crippen LogP contribution in [-0.2, 0) is 20.9 Å². The molecule has 0 fully saturated rings. The highest BCUT2D eigenvalue weighted by molar-refractivity contribution is 5.87. The van der Waals surface area contributed by atoms with Gasteiger partial charge in [-0.15, -0.1) is 0 Å². The first-order chi connectivity index (χ1) is 11.5. The van der Waals surface area contributed by atoms with Gasteiger partial charge in [0.1, 0.15) is 12.4 Å². The Bertz CT molecular complexity index is 738. The van der Waals surface area contributed by atoms with Crippen molar-refractivity contribution in [3.05, 3.63) is 42.0 Å². The molecule has 2 atom stereocenters. The lowest BCUT2D eigenvalue weighted by atomic mass is 9.88. The molecule has 5 heteroatoms. The van der Waals surface area contributed by atoms with Gasteiger partial charge in [0, 0.05) is 5.56 Å². The molecule has 5 nitrogen and oxygen atoms in total. The van der Waals surface area contributed by atoms with E-state index >= 15 is 0 Å². The van der Waals surface area contributed by atoms with E-state index in [2.05, 4.69) is 0 Å². The Morgan fingerprint density at radius 2 is 1.75 bits per heavy atom. The summed E-state index contributed by atoms with van der Waals surface area (Å²) in [7, 11) is 0. The molecule has 2 rings (SSSR count). The maximum Gasteiger partial charge on any atom is 0.310 e. The summed E-state index contributed by atoms with van der Waals surface area (Å²) >= 11 is 0. The number of carbonyl (C=O) groups is 2. The van der Waals surface area contributed by atoms with E-state index in [1.807, 2.05) is 24.3 Å². The van der Waals surface area contributed by atoms with Crippen molar-refractivity contribution in [2.45, 2.75) is 33.3 Å². The molecule has 0 amide bonds. The van der Waals surface area contributed by atoms with E-state index in [0.717, 1.165) is 10.8 Å². The van der Waals surface area contributed by atoms with Gasteiger partial charge in [-0.1, -0.05) is 38.1 Å². The summed E-state index contributed by atoms with van der Waals surface area (Å²) in [6.45, 7) is 3.53. The monoisotopic (exact) mass is 330 g/mol. The van der Waals surface area contributed by atoms with Crippen molar-refractivity contribution in [1.82, 2.24) is 0 Å². The molecule has 128 valence electrons. The van der Waals surface area contributed by atoms with Crippen LogP contribution in [0.2, 0.25) is 0 Å². The van der Waals surface area contributed by atoms with Crippen LogP contribution in [0.1, 0.15) is 32.3 Å². The van der Waals surface area contributed by atoms with Gasteiger partial charge in [0.05, 0.1) is 11.8 Å². The number of phenols is 1. The number of rotatable bonds is 7. The van der Waals surface area contributed by atoms with Gasteiger partial charge in [0.25, 0.3) is 0 Å². The van der Waals surface area contributed by atoms with E-state index in [-0.39, 0.29) is 12.4 Å². The Hall–Kier alpha value is -2.56. The van der Waals surface area contributed by atoms with Gasteiger partial charge in [-0.25, -0.2) is 0 Å². The number of aromatic hydroxyl groups is 1. The fourth-order valence-corrected chi connectivity index (χ4v) is 2.99. The first-order valence-electron chi connectivity index (χ1n) is 8.08. The molecule has 0 spiro atoms. The number of carboxylic acid groups (broad SMARTS) is 1. The van der Waals surface area contributed by atoms with Crippen molar-refractivity contribution in [2.75, 3.05) is 0 Å². The van der Waals surface area contributed by atoms with Crippen LogP contribution in [0, 0.1) is 11.8 Å². The van der Waals surface area contributed by atoms with Crippen LogP contribution in [0.3, 0.4) is 0 Å². The van der Waals surface area contributed by atoms with Crippen LogP contribution < -0.4 is 0 Å². The minimum atomic E-state index is -0.982. The zero-order valence-electron chi connectivity index (χ0n) is 13.9. The molecule has 0 unspecified atom stereocenters. The van der Waals surface area contributed by atoms with Crippen molar-refractivity contribution >= 4 is 22.7 Å². The highest BCUT2D eigenvalue weighted by Gasteiger charge is 2.32. The number of aliphatic carboxylic acids is 1. The van der Waals surface area contributed by atoms with Crippen molar-refractivity contribution in [1.29, 1.82) is 0 Å². The van der Waals surface area contributed by atoms with Crippen molar-refractivity contribution in [3.63, 3.8) is 0 Å². The summed E-state index contributed by atoms with van der Waals surface area (Å²) in [4.78, 5) is 23.6. The zero-order chi connectivity index (χ0) is 17.7. The molecule has 2 aromatic carbocycles. The smallest absolute Gasteiger partial charge is 0.310 e. The Kier molecular flexibility index (Phi) is 5.79. The predicted molar refractivity (Wildman–Crippen MR) is 90.6 cm³/mol. The van der Waals surface area contributed by atoms with Gasteiger partial charge in [0.2, 0.25) is 0 Å². The first-order valence-corrected chi connectivity index (χ1v) is 8.08. The molecule has 2 aromatic rings. The molecule has 0 aliphatic carbocycles. The Balaban J connectivity index is 2.18. The average Bonchev–Trinajstić information content (AvgIpc) is 2.56. The lowest BCUT2D eigenvalue weighted by Crippen LogP contribution is -2.30. The SMILES string of the molecule is CC[C@H](C(=O)O)[C@@H](CC)C(=O)OCc1cc(O)cc2ccccc12. The molecule has 0 aliphatic rings. The summed E-state index contributed by atoms with van der Waals surface area (Å²) < 4.78 is 5.36. The highest BCUT2D eigenvalue weighted by Crippen LogP contribution is 2.27. The number of phenolic OH excluding ortho intramolecular Hbond substituents is 1. The molecule has 0 heterocycles. The number of ether oxygens (including phenoxy) is 1. The second-order valence-electron chi connectivity index (χ2n) is 5.80. The normalized spacial score (nSPS) is 13.4. The quantitative estimate of drug-likeness (QED) is 0.756. The van der Waals surface area contributed by atoms with Crippen LogP contribution >= 0.6 is 0 Å². The second-order valence-corrected chi connectivity index (χ2v) is 5.80. The minimum absolute atomic E-state index is 0.000298. The average molecular weight is 330 g/mol. The number of benzene rings is 2. The van der Waals surface area contributed by atoms with Gasteiger partial charge in [-0.3, -0.25) is 9.59 Å². The molecule has 0 radical (unpaired) electrons. The summed E-state index contributed by atoms with van der Waals surface area (Å²) in [6, 6.07) is 10.7. The van der Waals surface area contributed by atoms with Crippen LogP contribution in [0.15, 0.2) is 36.4 Å². The van der Waals surface area contributed by atoms with Gasteiger partial charge in [0.15, 0.2) is 0 Å². The van der Waals surface area contributed by atoms with Crippen molar-refractivity contribution in [2.24, 2.45) is 11.8 Å². The largest absolute Gasteiger partial charge is 0.508 e. The number of carboxylic acids is 1. The van der Waals surface area contributed by atoms with E-state index in [0.29, 0.717) is 18.4 Å². The van der Waals surface area contributed by atoms with E-state index in [4.69, 9.17) is 4.74 Å². The molecule has 2 N–H and O–H groups in total. The summed E-state index contributed by atoms with van der Waals surface area (Å²) in [5, 5.41) is 20.8. The van der Waals surface area contributed by atoms with Gasteiger partial charge >= 0.3 is 11.9 Å². The van der Waals surface area contributed by atoms with Crippen LogP contribution in [0.5, 0.6) is 5.75 Å². The summed E-state index contributed by atoms with van der Waals surface area (Å²) in [6.07, 6.45) is 0.780. The first kappa shape index (κ1) is 17.8. The number of carbonyl (C=O) groups excluding carboxylic acids is 1. The second kappa shape index (κ2) is 7.81. The molecular weight excluding hydrogens is 308 g/mol. The third-order valence-corrected chi connectivity index (χ3v) is 4.29. The molecule has 0 saturated heterocycles. The van der Waals surface area contributed by atoms with E-state index in [9.17, 15) is 19.8 Å². The lowest BCUT2D eigenvalue weighted by Gasteiger charge is -2.20. The molecule has 0 aliphatic heterocycles. The highest BCUT2D eigenvalue weighted by atomic mass is 16.5. The topological polar surface area (TPSA) is 83.8 Å². The standard InChI is InChI=1S/C19H22O5/c1-3-15(18(21)22)16(4-2)19(23)24-11-13-10-14(20)9-12-7-5-6-8-17(12)13/h5-10,15-16,20H,3-4,11H2,1-2H3,(H,21,22)/t15-,16+/m0/s1. The minimum Gasteiger partial charge on any atom is -0.508 e. The zero-order valence-corrected chi connectivity index (χ0v) is 13.9. The van der Waals surface area contributed by atoms with Gasteiger partial charge in [-0.2, -0.15) is 0 Å². The Morgan fingerprint density at radius 3 is 2.38 bits per heavy atom. The van der Waals surface area contributed by atoms with Crippen molar-refractivity contribution in [3.8, 4) is 5.75 Å². The van der Waals surface area contributed by atoms with Crippen LogP contribution in [0.25, 0.3) is 10.8 Å². The van der Waals surface area contributed by atoms with Gasteiger partial charge in [-0.05, 0) is 35.7 Å². The third-order valence-electron chi connectivity index (χ3n) is 4.29. The lowest BCUT2D eigenvalue weighted by molar-refractivity contribution is -0.159. The van der Waals surface area contributed by atoms with E-state index in [1.54, 1.807) is 26.0 Å². The maximum atomic E-state index is 12.3. The maximum absolute atomic E-state index is 12.3. The number of fused-ring (bicyclic) bond motifs is 1. The number of hydrogen-bond donors (Lipinski definition) is 2. The summed E-state index contributed by atoms with van der Waals surface area (Å²) in [5.41, 5.74) is 0.692. The van der Waals surface area contributed by atoms with E-state index in [1.165, 1.54) is 0 Å². The molecule has 0 saturated carbocycles. The summed E-state index contributed by atoms with van der Waals surface area (Å²) in [5.74, 6) is -2.81. The van der Waals surface area contributed by atoms with E-state index < -0.39 is 23.8 Å². The van der Waals surface area contributed by atoms with Crippen LogP contribution in [0.4, 0.5) is 0 Å².